The molecule has 2 aromatic heterocycles. The Labute approximate surface area is 98.8 Å². The highest BCUT2D eigenvalue weighted by Crippen LogP contribution is 2.29. The van der Waals surface area contributed by atoms with Crippen LogP contribution in [0.4, 0.5) is 0 Å². The van der Waals surface area contributed by atoms with E-state index in [1.165, 1.54) is 10.6 Å². The Morgan fingerprint density at radius 3 is 3.00 bits per heavy atom. The average molecular weight is 239 g/mol. The molecule has 0 aromatic carbocycles. The lowest BCUT2D eigenvalue weighted by atomic mass is 10.2. The number of hydrogen-bond donors (Lipinski definition) is 1. The highest BCUT2D eigenvalue weighted by molar-refractivity contribution is 7.79. The van der Waals surface area contributed by atoms with Crippen molar-refractivity contribution in [2.24, 2.45) is 0 Å². The van der Waals surface area contributed by atoms with Crippen LogP contribution < -0.4 is 0 Å². The summed E-state index contributed by atoms with van der Waals surface area (Å²) in [6, 6.07) is 3.83. The van der Waals surface area contributed by atoms with Gasteiger partial charge in [0.15, 0.2) is 10.8 Å². The van der Waals surface area contributed by atoms with Gasteiger partial charge in [-0.2, -0.15) is 12.6 Å². The monoisotopic (exact) mass is 239 g/mol. The maximum Gasteiger partial charge on any atom is 0.162 e. The van der Waals surface area contributed by atoms with Crippen LogP contribution >= 0.6 is 24.0 Å². The molecule has 80 valence electrons. The third-order valence-corrected chi connectivity index (χ3v) is 3.78. The van der Waals surface area contributed by atoms with E-state index in [0.29, 0.717) is 0 Å². The lowest BCUT2D eigenvalue weighted by Gasteiger charge is -1.94. The molecule has 0 saturated carbocycles. The van der Waals surface area contributed by atoms with Crippen molar-refractivity contribution < 1.29 is 4.42 Å². The standard InChI is InChI=1S/C11H13NOS2/c1-2-4-8-10(7-14)15-11(12-8)9-5-3-6-13-9/h3,5-6,14H,2,4,7H2,1H3. The molecular formula is C11H13NOS2. The van der Waals surface area contributed by atoms with Gasteiger partial charge in [-0.25, -0.2) is 4.98 Å². The van der Waals surface area contributed by atoms with E-state index in [1.807, 2.05) is 12.1 Å². The molecule has 0 aliphatic rings. The maximum atomic E-state index is 5.33. The lowest BCUT2D eigenvalue weighted by molar-refractivity contribution is 0.581. The largest absolute Gasteiger partial charge is 0.462 e. The lowest BCUT2D eigenvalue weighted by Crippen LogP contribution is -1.87. The predicted octanol–water partition coefficient (Wildman–Crippen LogP) is 3.79. The summed E-state index contributed by atoms with van der Waals surface area (Å²) >= 11 is 6.00. The highest BCUT2D eigenvalue weighted by Gasteiger charge is 2.12. The molecule has 0 bridgehead atoms. The number of aryl methyl sites for hydroxylation is 1. The minimum absolute atomic E-state index is 0.758. The number of furan rings is 1. The maximum absolute atomic E-state index is 5.33. The Morgan fingerprint density at radius 1 is 1.53 bits per heavy atom. The van der Waals surface area contributed by atoms with Crippen molar-refractivity contribution in [3.63, 3.8) is 0 Å². The van der Waals surface area contributed by atoms with Crippen LogP contribution in [0.15, 0.2) is 22.8 Å². The molecule has 0 radical (unpaired) electrons. The van der Waals surface area contributed by atoms with Crippen molar-refractivity contribution in [3.8, 4) is 10.8 Å². The summed E-state index contributed by atoms with van der Waals surface area (Å²) in [6.45, 7) is 2.16. The van der Waals surface area contributed by atoms with Gasteiger partial charge in [0, 0.05) is 10.6 Å². The van der Waals surface area contributed by atoms with E-state index >= 15 is 0 Å². The van der Waals surface area contributed by atoms with Crippen LogP contribution in [0.1, 0.15) is 23.9 Å². The molecule has 2 heterocycles. The van der Waals surface area contributed by atoms with Crippen molar-refractivity contribution in [2.75, 3.05) is 0 Å². The van der Waals surface area contributed by atoms with Gasteiger partial charge in [-0.05, 0) is 18.6 Å². The minimum Gasteiger partial charge on any atom is -0.462 e. The normalized spacial score (nSPS) is 10.8. The van der Waals surface area contributed by atoms with Gasteiger partial charge in [0.25, 0.3) is 0 Å². The molecule has 0 aliphatic heterocycles. The van der Waals surface area contributed by atoms with Gasteiger partial charge in [-0.1, -0.05) is 13.3 Å². The number of rotatable bonds is 4. The van der Waals surface area contributed by atoms with Crippen molar-refractivity contribution in [1.82, 2.24) is 4.98 Å². The van der Waals surface area contributed by atoms with Crippen LogP contribution in [0.2, 0.25) is 0 Å². The molecule has 0 aliphatic carbocycles. The Balaban J connectivity index is 2.34. The highest BCUT2D eigenvalue weighted by atomic mass is 32.1. The Kier molecular flexibility index (Phi) is 3.49. The molecule has 4 heteroatoms. The second-order valence-electron chi connectivity index (χ2n) is 3.27. The van der Waals surface area contributed by atoms with Crippen molar-refractivity contribution >= 4 is 24.0 Å². The topological polar surface area (TPSA) is 26.0 Å². The minimum atomic E-state index is 0.758. The third kappa shape index (κ3) is 2.26. The van der Waals surface area contributed by atoms with E-state index in [2.05, 4.69) is 24.5 Å². The molecule has 15 heavy (non-hydrogen) atoms. The van der Waals surface area contributed by atoms with Crippen LogP contribution in [-0.2, 0) is 12.2 Å². The molecule has 2 rings (SSSR count). The summed E-state index contributed by atoms with van der Waals surface area (Å²) in [5, 5.41) is 0.965. The van der Waals surface area contributed by atoms with Crippen molar-refractivity contribution in [3.05, 3.63) is 29.0 Å². The number of thiazole rings is 1. The van der Waals surface area contributed by atoms with E-state index in [4.69, 9.17) is 4.42 Å². The van der Waals surface area contributed by atoms with Gasteiger partial charge in [-0.15, -0.1) is 11.3 Å². The Morgan fingerprint density at radius 2 is 2.40 bits per heavy atom. The first kappa shape index (κ1) is 10.8. The van der Waals surface area contributed by atoms with Crippen LogP contribution in [-0.4, -0.2) is 4.98 Å². The zero-order chi connectivity index (χ0) is 10.7. The first-order valence-electron chi connectivity index (χ1n) is 4.98. The van der Waals surface area contributed by atoms with Crippen molar-refractivity contribution in [2.45, 2.75) is 25.5 Å². The smallest absolute Gasteiger partial charge is 0.162 e. The molecule has 2 aromatic rings. The summed E-state index contributed by atoms with van der Waals surface area (Å²) in [5.74, 6) is 1.61. The summed E-state index contributed by atoms with van der Waals surface area (Å²) in [5.41, 5.74) is 1.17. The quantitative estimate of drug-likeness (QED) is 0.822. The summed E-state index contributed by atoms with van der Waals surface area (Å²) in [4.78, 5) is 5.85. The second kappa shape index (κ2) is 4.86. The SMILES string of the molecule is CCCc1nc(-c2ccco2)sc1CS. The first-order chi connectivity index (χ1) is 7.35. The molecule has 0 N–H and O–H groups in total. The van der Waals surface area contributed by atoms with E-state index in [1.54, 1.807) is 17.6 Å². The predicted molar refractivity (Wildman–Crippen MR) is 66.5 cm³/mol. The molecule has 0 atom stereocenters. The van der Waals surface area contributed by atoms with E-state index in [9.17, 15) is 0 Å². The zero-order valence-electron chi connectivity index (χ0n) is 8.56. The van der Waals surface area contributed by atoms with Gasteiger partial charge in [0.1, 0.15) is 0 Å². The number of nitrogens with zero attached hydrogens (tertiary/aromatic N) is 1. The first-order valence-corrected chi connectivity index (χ1v) is 6.43. The summed E-state index contributed by atoms with van der Waals surface area (Å²) in [7, 11) is 0. The molecular weight excluding hydrogens is 226 g/mol. The molecule has 0 amide bonds. The molecule has 2 nitrogen and oxygen atoms in total. The fourth-order valence-corrected chi connectivity index (χ4v) is 2.76. The van der Waals surface area contributed by atoms with Gasteiger partial charge in [-0.3, -0.25) is 0 Å². The molecule has 0 unspecified atom stereocenters. The number of hydrogen-bond acceptors (Lipinski definition) is 4. The Bertz CT molecular complexity index is 420. The average Bonchev–Trinajstić information content (AvgIpc) is 2.84. The molecule has 0 saturated heterocycles. The van der Waals surface area contributed by atoms with Gasteiger partial charge in [0.05, 0.1) is 12.0 Å². The fourth-order valence-electron chi connectivity index (χ4n) is 1.44. The third-order valence-electron chi connectivity index (χ3n) is 2.14. The fraction of sp³-hybridized carbons (Fsp3) is 0.364. The van der Waals surface area contributed by atoms with Crippen LogP contribution in [0, 0.1) is 0 Å². The van der Waals surface area contributed by atoms with E-state index in [-0.39, 0.29) is 0 Å². The van der Waals surface area contributed by atoms with Crippen LogP contribution in [0.3, 0.4) is 0 Å². The second-order valence-corrected chi connectivity index (χ2v) is 4.67. The van der Waals surface area contributed by atoms with E-state index < -0.39 is 0 Å². The molecule has 0 spiro atoms. The van der Waals surface area contributed by atoms with Crippen LogP contribution in [0.25, 0.3) is 10.8 Å². The number of aromatic nitrogens is 1. The zero-order valence-corrected chi connectivity index (χ0v) is 10.3. The number of thiol groups is 1. The Hall–Kier alpha value is -0.740. The van der Waals surface area contributed by atoms with Gasteiger partial charge >= 0.3 is 0 Å². The van der Waals surface area contributed by atoms with Gasteiger partial charge in [0.2, 0.25) is 0 Å². The van der Waals surface area contributed by atoms with Gasteiger partial charge < -0.3 is 4.42 Å². The van der Waals surface area contributed by atoms with Crippen LogP contribution in [0.5, 0.6) is 0 Å². The van der Waals surface area contributed by atoms with E-state index in [0.717, 1.165) is 29.4 Å². The summed E-state index contributed by atoms with van der Waals surface area (Å²) in [6.07, 6.45) is 3.81. The van der Waals surface area contributed by atoms with Crippen molar-refractivity contribution in [1.29, 1.82) is 0 Å². The molecule has 0 fully saturated rings. The summed E-state index contributed by atoms with van der Waals surface area (Å²) < 4.78 is 5.33.